The lowest BCUT2D eigenvalue weighted by Crippen LogP contribution is -2.50. The number of sulfonamides is 1. The smallest absolute Gasteiger partial charge is 0.247 e. The molecule has 1 aromatic carbocycles. The fourth-order valence-electron chi connectivity index (χ4n) is 3.85. The first kappa shape index (κ1) is 25.5. The molecule has 0 spiro atoms. The SMILES string of the molecule is CC(C)C#Cc1ccc2c(c1)O[C@H](CN(C)C(=O)CC1CC1)[C@@H](C)CN([C@H](C)CO)S2(=O)=O. The first-order valence-electron chi connectivity index (χ1n) is 11.7. The number of fused-ring (bicyclic) bond motifs is 1. The maximum Gasteiger partial charge on any atom is 0.247 e. The molecule has 0 bridgehead atoms. The van der Waals surface area contributed by atoms with Gasteiger partial charge in [0.15, 0.2) is 0 Å². The largest absolute Gasteiger partial charge is 0.487 e. The van der Waals surface area contributed by atoms with Gasteiger partial charge in [-0.1, -0.05) is 32.6 Å². The minimum atomic E-state index is -3.89. The Kier molecular flexibility index (Phi) is 8.09. The molecule has 1 saturated carbocycles. The third-order valence-corrected chi connectivity index (χ3v) is 8.23. The molecule has 2 aliphatic rings. The van der Waals surface area contributed by atoms with Crippen molar-refractivity contribution < 1.29 is 23.1 Å². The number of aliphatic hydroxyl groups is 1. The Balaban J connectivity index is 1.99. The third-order valence-electron chi connectivity index (χ3n) is 6.21. The van der Waals surface area contributed by atoms with Crippen LogP contribution >= 0.6 is 0 Å². The number of aliphatic hydroxyl groups excluding tert-OH is 1. The van der Waals surface area contributed by atoms with Gasteiger partial charge in [0.05, 0.1) is 13.2 Å². The van der Waals surface area contributed by atoms with Gasteiger partial charge in [0.2, 0.25) is 15.9 Å². The van der Waals surface area contributed by atoms with E-state index in [1.54, 1.807) is 31.0 Å². The summed E-state index contributed by atoms with van der Waals surface area (Å²) in [6.45, 7) is 7.84. The number of nitrogens with zero attached hydrogens (tertiary/aromatic N) is 2. The summed E-state index contributed by atoms with van der Waals surface area (Å²) in [6.07, 6.45) is 2.35. The first-order valence-corrected chi connectivity index (χ1v) is 13.2. The second-order valence-electron chi connectivity index (χ2n) is 9.75. The van der Waals surface area contributed by atoms with Crippen molar-refractivity contribution in [2.75, 3.05) is 26.7 Å². The number of likely N-dealkylation sites (N-methyl/N-ethyl adjacent to an activating group) is 1. The molecule has 1 aliphatic heterocycles. The van der Waals surface area contributed by atoms with Crippen LogP contribution in [0.5, 0.6) is 5.75 Å². The molecule has 1 amide bonds. The lowest BCUT2D eigenvalue weighted by Gasteiger charge is -2.37. The Morgan fingerprint density at radius 1 is 1.30 bits per heavy atom. The van der Waals surface area contributed by atoms with E-state index in [2.05, 4.69) is 11.8 Å². The summed E-state index contributed by atoms with van der Waals surface area (Å²) in [5, 5.41) is 9.75. The van der Waals surface area contributed by atoms with Crippen LogP contribution in [-0.4, -0.2) is 67.5 Å². The van der Waals surface area contributed by atoms with Crippen molar-refractivity contribution in [3.8, 4) is 17.6 Å². The van der Waals surface area contributed by atoms with Crippen LogP contribution in [0.25, 0.3) is 0 Å². The van der Waals surface area contributed by atoms with Gasteiger partial charge in [0.1, 0.15) is 16.7 Å². The summed E-state index contributed by atoms with van der Waals surface area (Å²) in [6, 6.07) is 4.29. The van der Waals surface area contributed by atoms with Crippen molar-refractivity contribution in [3.63, 3.8) is 0 Å². The molecule has 0 saturated heterocycles. The van der Waals surface area contributed by atoms with Gasteiger partial charge in [-0.25, -0.2) is 8.42 Å². The molecule has 1 fully saturated rings. The van der Waals surface area contributed by atoms with Crippen LogP contribution in [0.15, 0.2) is 23.1 Å². The molecule has 1 aromatic rings. The average molecular weight is 477 g/mol. The molecule has 0 unspecified atom stereocenters. The van der Waals surface area contributed by atoms with Gasteiger partial charge in [-0.3, -0.25) is 4.79 Å². The molecule has 1 N–H and O–H groups in total. The average Bonchev–Trinajstić information content (AvgIpc) is 3.57. The van der Waals surface area contributed by atoms with Gasteiger partial charge < -0.3 is 14.7 Å². The number of benzene rings is 1. The van der Waals surface area contributed by atoms with E-state index in [0.717, 1.165) is 12.8 Å². The molecule has 3 rings (SSSR count). The molecule has 0 aromatic heterocycles. The van der Waals surface area contributed by atoms with E-state index in [1.165, 1.54) is 10.4 Å². The summed E-state index contributed by atoms with van der Waals surface area (Å²) in [4.78, 5) is 14.4. The van der Waals surface area contributed by atoms with Crippen molar-refractivity contribution in [2.24, 2.45) is 17.8 Å². The van der Waals surface area contributed by atoms with E-state index in [1.807, 2.05) is 20.8 Å². The fraction of sp³-hybridized carbons (Fsp3) is 0.640. The Bertz CT molecular complexity index is 1020. The summed E-state index contributed by atoms with van der Waals surface area (Å²) >= 11 is 0. The van der Waals surface area contributed by atoms with Crippen LogP contribution in [0.4, 0.5) is 0 Å². The van der Waals surface area contributed by atoms with Crippen LogP contribution in [0.3, 0.4) is 0 Å². The Hall–Kier alpha value is -2.08. The van der Waals surface area contributed by atoms with E-state index in [-0.39, 0.29) is 41.5 Å². The highest BCUT2D eigenvalue weighted by Crippen LogP contribution is 2.35. The third kappa shape index (κ3) is 6.28. The number of carbonyl (C=O) groups excluding carboxylic acids is 1. The van der Waals surface area contributed by atoms with Crippen LogP contribution in [0.2, 0.25) is 0 Å². The normalized spacial score (nSPS) is 23.4. The van der Waals surface area contributed by atoms with Crippen LogP contribution < -0.4 is 4.74 Å². The van der Waals surface area contributed by atoms with Gasteiger partial charge in [0, 0.05) is 43.5 Å². The number of hydrogen-bond donors (Lipinski definition) is 1. The molecule has 33 heavy (non-hydrogen) atoms. The molecule has 1 aliphatic carbocycles. The molecule has 182 valence electrons. The van der Waals surface area contributed by atoms with Crippen molar-refractivity contribution in [1.29, 1.82) is 0 Å². The number of hydrogen-bond acceptors (Lipinski definition) is 5. The number of rotatable bonds is 6. The van der Waals surface area contributed by atoms with Crippen molar-refractivity contribution in [2.45, 2.75) is 64.0 Å². The number of amides is 1. The molecular formula is C25H36N2O5S. The Morgan fingerprint density at radius 3 is 2.61 bits per heavy atom. The van der Waals surface area contributed by atoms with Gasteiger partial charge in [-0.05, 0) is 43.9 Å². The van der Waals surface area contributed by atoms with Gasteiger partial charge in [-0.15, -0.1) is 0 Å². The molecule has 3 atom stereocenters. The van der Waals surface area contributed by atoms with E-state index in [9.17, 15) is 18.3 Å². The zero-order valence-electron chi connectivity index (χ0n) is 20.2. The molecule has 7 nitrogen and oxygen atoms in total. The molecule has 1 heterocycles. The highest BCUT2D eigenvalue weighted by Gasteiger charge is 2.38. The van der Waals surface area contributed by atoms with E-state index in [0.29, 0.717) is 24.4 Å². The zero-order chi connectivity index (χ0) is 24.3. The molecule has 0 radical (unpaired) electrons. The molecule has 8 heteroatoms. The highest BCUT2D eigenvalue weighted by molar-refractivity contribution is 7.89. The van der Waals surface area contributed by atoms with Gasteiger partial charge in [-0.2, -0.15) is 4.31 Å². The summed E-state index contributed by atoms with van der Waals surface area (Å²) < 4.78 is 34.6. The Labute approximate surface area is 198 Å². The maximum atomic E-state index is 13.5. The Morgan fingerprint density at radius 2 is 2.00 bits per heavy atom. The fourth-order valence-corrected chi connectivity index (χ4v) is 5.67. The summed E-state index contributed by atoms with van der Waals surface area (Å²) in [5.74, 6) is 6.95. The van der Waals surface area contributed by atoms with E-state index in [4.69, 9.17) is 4.74 Å². The maximum absolute atomic E-state index is 13.5. The lowest BCUT2D eigenvalue weighted by molar-refractivity contribution is -0.131. The second kappa shape index (κ2) is 10.5. The zero-order valence-corrected chi connectivity index (χ0v) is 21.1. The lowest BCUT2D eigenvalue weighted by atomic mass is 10.0. The minimum absolute atomic E-state index is 0.0572. The molecular weight excluding hydrogens is 440 g/mol. The summed E-state index contributed by atoms with van der Waals surface area (Å²) in [5.41, 5.74) is 0.671. The standard InChI is InChI=1S/C25H36N2O5S/c1-17(2)6-7-20-10-11-24-22(12-20)32-23(15-26(5)25(29)13-21-8-9-21)18(3)14-27(19(4)16-28)33(24,30)31/h10-12,17-19,21,23,28H,8-9,13-16H2,1-5H3/t18-,19+,23+/m0/s1. The summed E-state index contributed by atoms with van der Waals surface area (Å²) in [7, 11) is -2.12. The van der Waals surface area contributed by atoms with E-state index < -0.39 is 22.2 Å². The highest BCUT2D eigenvalue weighted by atomic mass is 32.2. The van der Waals surface area contributed by atoms with Gasteiger partial charge >= 0.3 is 0 Å². The second-order valence-corrected chi connectivity index (χ2v) is 11.6. The van der Waals surface area contributed by atoms with E-state index >= 15 is 0 Å². The predicted molar refractivity (Wildman–Crippen MR) is 127 cm³/mol. The number of ether oxygens (including phenoxy) is 1. The van der Waals surface area contributed by atoms with Crippen LogP contribution in [0.1, 0.15) is 52.5 Å². The predicted octanol–water partition coefficient (Wildman–Crippen LogP) is 2.72. The van der Waals surface area contributed by atoms with Crippen molar-refractivity contribution in [3.05, 3.63) is 23.8 Å². The van der Waals surface area contributed by atoms with Crippen LogP contribution in [-0.2, 0) is 14.8 Å². The minimum Gasteiger partial charge on any atom is -0.487 e. The quantitative estimate of drug-likeness (QED) is 0.638. The number of carbonyl (C=O) groups is 1. The van der Waals surface area contributed by atoms with Crippen molar-refractivity contribution >= 4 is 15.9 Å². The topological polar surface area (TPSA) is 87.2 Å². The first-order chi connectivity index (χ1) is 15.5. The van der Waals surface area contributed by atoms with Crippen LogP contribution in [0, 0.1) is 29.6 Å². The van der Waals surface area contributed by atoms with Crippen molar-refractivity contribution in [1.82, 2.24) is 9.21 Å². The van der Waals surface area contributed by atoms with Gasteiger partial charge in [0.25, 0.3) is 0 Å². The monoisotopic (exact) mass is 476 g/mol.